The molecule has 1 amide bonds. The van der Waals surface area contributed by atoms with Crippen LogP contribution in [-0.2, 0) is 17.8 Å². The lowest BCUT2D eigenvalue weighted by atomic mass is 9.89. The van der Waals surface area contributed by atoms with Crippen molar-refractivity contribution < 1.29 is 23.4 Å². The molecule has 0 radical (unpaired) electrons. The van der Waals surface area contributed by atoms with E-state index in [1.807, 2.05) is 26.8 Å². The summed E-state index contributed by atoms with van der Waals surface area (Å²) < 4.78 is 31.4. The number of rotatable bonds is 9. The third-order valence-electron chi connectivity index (χ3n) is 6.18. The predicted octanol–water partition coefficient (Wildman–Crippen LogP) is 2.90. The van der Waals surface area contributed by atoms with Gasteiger partial charge in [0.25, 0.3) is 12.0 Å². The van der Waals surface area contributed by atoms with Crippen LogP contribution in [0.5, 0.6) is 5.75 Å². The van der Waals surface area contributed by atoms with Gasteiger partial charge in [0.05, 0.1) is 40.2 Å². The number of ether oxygens (including phenoxy) is 1. The molecule has 12 heteroatoms. The number of halogens is 2. The average molecular weight is 539 g/mol. The third-order valence-corrected chi connectivity index (χ3v) is 6.18. The van der Waals surface area contributed by atoms with Crippen molar-refractivity contribution in [1.29, 1.82) is 5.26 Å². The quantitative estimate of drug-likeness (QED) is 0.297. The average Bonchev–Trinajstić information content (AvgIpc) is 3.28. The summed E-state index contributed by atoms with van der Waals surface area (Å²) in [6, 6.07) is 11.7. The summed E-state index contributed by atoms with van der Waals surface area (Å²) in [6.07, 6.45) is -3.31. The van der Waals surface area contributed by atoms with E-state index < -0.39 is 36.0 Å². The van der Waals surface area contributed by atoms with Gasteiger partial charge in [0.15, 0.2) is 0 Å². The maximum atomic E-state index is 13.1. The fourth-order valence-electron chi connectivity index (χ4n) is 3.94. The molecule has 0 saturated carbocycles. The maximum Gasteiger partial charge on any atom is 0.275 e. The van der Waals surface area contributed by atoms with E-state index in [9.17, 15) is 28.7 Å². The van der Waals surface area contributed by atoms with Crippen LogP contribution in [0.2, 0.25) is 0 Å². The van der Waals surface area contributed by atoms with Crippen molar-refractivity contribution in [3.8, 4) is 11.8 Å². The number of aromatic nitrogens is 4. The number of hydrogen-bond acceptors (Lipinski definition) is 7. The number of H-pyrrole nitrogens is 1. The number of imidazole rings is 1. The second-order valence-electron chi connectivity index (χ2n) is 10.2. The molecular weight excluding hydrogens is 510 g/mol. The molecular formula is C27H28F2N6O4. The summed E-state index contributed by atoms with van der Waals surface area (Å²) >= 11 is 0. The highest BCUT2D eigenvalue weighted by Gasteiger charge is 2.23. The number of fused-ring (bicyclic) bond motifs is 2. The van der Waals surface area contributed by atoms with E-state index >= 15 is 0 Å². The van der Waals surface area contributed by atoms with Gasteiger partial charge >= 0.3 is 0 Å². The Hall–Kier alpha value is -4.37. The summed E-state index contributed by atoms with van der Waals surface area (Å²) in [7, 11) is 0. The van der Waals surface area contributed by atoms with E-state index in [4.69, 9.17) is 4.74 Å². The fourth-order valence-corrected chi connectivity index (χ4v) is 3.94. The first-order chi connectivity index (χ1) is 18.5. The maximum absolute atomic E-state index is 13.1. The number of nitriles is 1. The molecule has 0 fully saturated rings. The molecule has 2 aromatic heterocycles. The van der Waals surface area contributed by atoms with Gasteiger partial charge in [-0.15, -0.1) is 0 Å². The van der Waals surface area contributed by atoms with E-state index in [-0.39, 0.29) is 30.8 Å². The number of aromatic amines is 1. The Labute approximate surface area is 222 Å². The molecule has 2 aromatic carbocycles. The van der Waals surface area contributed by atoms with Crippen LogP contribution in [0.15, 0.2) is 41.2 Å². The fraction of sp³-hybridized carbons (Fsp3) is 0.370. The van der Waals surface area contributed by atoms with Gasteiger partial charge in [0.2, 0.25) is 5.91 Å². The summed E-state index contributed by atoms with van der Waals surface area (Å²) in [5.41, 5.74) is 0.599. The van der Waals surface area contributed by atoms with E-state index in [0.29, 0.717) is 33.3 Å². The van der Waals surface area contributed by atoms with Gasteiger partial charge in [0, 0.05) is 18.0 Å². The number of alkyl halides is 2. The molecule has 4 rings (SSSR count). The van der Waals surface area contributed by atoms with Crippen LogP contribution in [0.4, 0.5) is 8.78 Å². The first-order valence-electron chi connectivity index (χ1n) is 12.2. The number of carbonyl (C=O) groups is 1. The Bertz CT molecular complexity index is 1620. The SMILES string of the molecule is CC(C)(C)C(O)CNC(=O)Cn1nc(Cc2nc3cc(OCC(F)F)c(C#N)cc3[nH]2)c2ccccc2c1=O. The predicted molar refractivity (Wildman–Crippen MR) is 140 cm³/mol. The molecule has 39 heavy (non-hydrogen) atoms. The van der Waals surface area contributed by atoms with Crippen molar-refractivity contribution in [2.45, 2.75) is 46.3 Å². The lowest BCUT2D eigenvalue weighted by Gasteiger charge is -2.25. The minimum atomic E-state index is -2.69. The molecule has 4 aromatic rings. The number of aliphatic hydroxyl groups is 1. The first kappa shape index (κ1) is 27.7. The van der Waals surface area contributed by atoms with Crippen molar-refractivity contribution in [2.24, 2.45) is 5.41 Å². The molecule has 0 aliphatic rings. The zero-order valence-electron chi connectivity index (χ0n) is 21.7. The molecule has 0 bridgehead atoms. The van der Waals surface area contributed by atoms with Gasteiger partial charge in [-0.05, 0) is 17.5 Å². The Balaban J connectivity index is 1.64. The normalized spacial score (nSPS) is 12.6. The molecule has 0 aliphatic carbocycles. The summed E-state index contributed by atoms with van der Waals surface area (Å²) in [5, 5.41) is 27.6. The number of nitrogens with zero attached hydrogens (tertiary/aromatic N) is 4. The van der Waals surface area contributed by atoms with Gasteiger partial charge in [-0.25, -0.2) is 18.4 Å². The Morgan fingerprint density at radius 2 is 1.97 bits per heavy atom. The highest BCUT2D eigenvalue weighted by atomic mass is 19.3. The Morgan fingerprint density at radius 1 is 1.26 bits per heavy atom. The van der Waals surface area contributed by atoms with E-state index in [1.54, 1.807) is 24.3 Å². The van der Waals surface area contributed by atoms with Crippen LogP contribution < -0.4 is 15.6 Å². The number of amides is 1. The van der Waals surface area contributed by atoms with Crippen LogP contribution in [0, 0.1) is 16.7 Å². The van der Waals surface area contributed by atoms with Crippen molar-refractivity contribution in [3.05, 3.63) is 63.8 Å². The highest BCUT2D eigenvalue weighted by molar-refractivity contribution is 5.85. The number of aliphatic hydroxyl groups excluding tert-OH is 1. The number of benzene rings is 2. The van der Waals surface area contributed by atoms with Crippen LogP contribution in [0.3, 0.4) is 0 Å². The molecule has 2 heterocycles. The van der Waals surface area contributed by atoms with Crippen molar-refractivity contribution in [1.82, 2.24) is 25.1 Å². The van der Waals surface area contributed by atoms with Crippen LogP contribution in [0.1, 0.15) is 37.9 Å². The molecule has 0 saturated heterocycles. The van der Waals surface area contributed by atoms with Crippen LogP contribution in [-0.4, -0.2) is 56.4 Å². The monoisotopic (exact) mass is 538 g/mol. The number of nitrogens with one attached hydrogen (secondary N) is 2. The highest BCUT2D eigenvalue weighted by Crippen LogP contribution is 2.26. The lowest BCUT2D eigenvalue weighted by molar-refractivity contribution is -0.122. The van der Waals surface area contributed by atoms with Gasteiger partial charge < -0.3 is 20.1 Å². The van der Waals surface area contributed by atoms with E-state index in [0.717, 1.165) is 4.68 Å². The second kappa shape index (κ2) is 11.2. The Morgan fingerprint density at radius 3 is 2.64 bits per heavy atom. The van der Waals surface area contributed by atoms with Crippen LogP contribution >= 0.6 is 0 Å². The lowest BCUT2D eigenvalue weighted by Crippen LogP contribution is -2.41. The molecule has 1 atom stereocenters. The summed E-state index contributed by atoms with van der Waals surface area (Å²) in [6.45, 7) is 4.39. The smallest absolute Gasteiger partial charge is 0.275 e. The Kier molecular flexibility index (Phi) is 7.92. The molecule has 1 unspecified atom stereocenters. The van der Waals surface area contributed by atoms with Gasteiger partial charge in [-0.3, -0.25) is 9.59 Å². The molecule has 10 nitrogen and oxygen atoms in total. The second-order valence-corrected chi connectivity index (χ2v) is 10.2. The number of carbonyl (C=O) groups excluding carboxylic acids is 1. The molecule has 0 aliphatic heterocycles. The zero-order chi connectivity index (χ0) is 28.3. The first-order valence-corrected chi connectivity index (χ1v) is 12.2. The van der Waals surface area contributed by atoms with Crippen molar-refractivity contribution in [2.75, 3.05) is 13.2 Å². The minimum Gasteiger partial charge on any atom is -0.486 e. The third kappa shape index (κ3) is 6.38. The standard InChI is InChI=1S/C27H28F2N6O4/c1-27(2,3)22(36)12-31-25(37)13-35-26(38)17-7-5-4-6-16(17)18(34-35)10-24-32-19-8-15(11-30)21(9-20(19)33-24)39-14-23(28)29/h4-9,22-23,36H,10,12-14H2,1-3H3,(H,31,37)(H,32,33). The van der Waals surface area contributed by atoms with Gasteiger partial charge in [-0.2, -0.15) is 10.4 Å². The molecule has 0 spiro atoms. The topological polar surface area (TPSA) is 146 Å². The van der Waals surface area contributed by atoms with E-state index in [1.165, 1.54) is 12.1 Å². The van der Waals surface area contributed by atoms with Gasteiger partial charge in [0.1, 0.15) is 30.8 Å². The van der Waals surface area contributed by atoms with Crippen molar-refractivity contribution in [3.63, 3.8) is 0 Å². The molecule has 204 valence electrons. The molecule has 3 N–H and O–H groups in total. The largest absolute Gasteiger partial charge is 0.486 e. The van der Waals surface area contributed by atoms with Gasteiger partial charge in [-0.1, -0.05) is 39.0 Å². The summed E-state index contributed by atoms with van der Waals surface area (Å²) in [5.74, 6) is -0.0261. The number of hydrogen-bond donors (Lipinski definition) is 3. The summed E-state index contributed by atoms with van der Waals surface area (Å²) in [4.78, 5) is 33.2. The van der Waals surface area contributed by atoms with Crippen LogP contribution in [0.25, 0.3) is 21.8 Å². The minimum absolute atomic E-state index is 0.00284. The van der Waals surface area contributed by atoms with Crippen molar-refractivity contribution >= 4 is 27.7 Å². The van der Waals surface area contributed by atoms with E-state index in [2.05, 4.69) is 20.4 Å². The zero-order valence-corrected chi connectivity index (χ0v) is 21.7.